The summed E-state index contributed by atoms with van der Waals surface area (Å²) in [6.45, 7) is 2.08. The molecular weight excluding hydrogens is 460 g/mol. The molecule has 196 valence electrons. The first-order valence-corrected chi connectivity index (χ1v) is 14.2. The van der Waals surface area contributed by atoms with E-state index in [1.165, 1.54) is 61.9 Å². The standard InChI is InChI=1S/C31H40N4O2/c1-33(2)14-12-21-8-9-25-20-34-15-13-32-19-29(34)30(22-6-4-3-5-7-22)35-27-18-24(31(36)37)11-10-23(27)17-28(35)26(25)16-21/h10-11,13,15,18-19,21-22,28H,3-9,12,14,16-17,20H2,1-2H3,(H,36,37). The van der Waals surface area contributed by atoms with Crippen LogP contribution in [0.15, 0.2) is 58.1 Å². The maximum atomic E-state index is 12.0. The Kier molecular flexibility index (Phi) is 6.70. The molecule has 6 heteroatoms. The van der Waals surface area contributed by atoms with E-state index in [-0.39, 0.29) is 6.04 Å². The number of hydrogen-bond acceptors (Lipinski definition) is 5. The van der Waals surface area contributed by atoms with Crippen LogP contribution in [0.5, 0.6) is 0 Å². The molecule has 1 N–H and O–H groups in total. The van der Waals surface area contributed by atoms with Crippen molar-refractivity contribution in [3.63, 3.8) is 0 Å². The predicted octanol–water partition coefficient (Wildman–Crippen LogP) is 5.83. The van der Waals surface area contributed by atoms with Crippen molar-refractivity contribution in [2.75, 3.05) is 32.1 Å². The van der Waals surface area contributed by atoms with Crippen LogP contribution in [0, 0.1) is 11.8 Å². The van der Waals surface area contributed by atoms with Crippen LogP contribution in [0.25, 0.3) is 0 Å². The maximum Gasteiger partial charge on any atom is 0.335 e. The van der Waals surface area contributed by atoms with E-state index in [1.807, 2.05) is 12.3 Å². The first-order valence-electron chi connectivity index (χ1n) is 14.2. The lowest BCUT2D eigenvalue weighted by molar-refractivity contribution is 0.0697. The number of carbonyl (C=O) groups is 1. The summed E-state index contributed by atoms with van der Waals surface area (Å²) < 4.78 is 0. The van der Waals surface area contributed by atoms with Gasteiger partial charge in [-0.05, 0) is 100 Å². The quantitative estimate of drug-likeness (QED) is 0.516. The highest BCUT2D eigenvalue weighted by Crippen LogP contribution is 2.49. The summed E-state index contributed by atoms with van der Waals surface area (Å²) in [6, 6.07) is 6.09. The van der Waals surface area contributed by atoms with Crippen molar-refractivity contribution in [2.45, 2.75) is 70.3 Å². The SMILES string of the molecule is CN(C)CCC1CCC2=C(C1)C1Cc3ccc(C(=O)O)cc3N1C(C1CCCCC1)=C1C=NC=CN1C2. The summed E-state index contributed by atoms with van der Waals surface area (Å²) in [7, 11) is 4.34. The Balaban J connectivity index is 1.49. The van der Waals surface area contributed by atoms with Gasteiger partial charge in [0.1, 0.15) is 0 Å². The van der Waals surface area contributed by atoms with Gasteiger partial charge in [0.15, 0.2) is 0 Å². The summed E-state index contributed by atoms with van der Waals surface area (Å²) in [5.74, 6) is 0.331. The topological polar surface area (TPSA) is 59.4 Å². The van der Waals surface area contributed by atoms with E-state index in [2.05, 4.69) is 52.3 Å². The molecule has 0 amide bonds. The Labute approximate surface area is 221 Å². The first kappa shape index (κ1) is 24.5. The van der Waals surface area contributed by atoms with Gasteiger partial charge in [-0.15, -0.1) is 0 Å². The molecule has 0 spiro atoms. The van der Waals surface area contributed by atoms with Crippen molar-refractivity contribution >= 4 is 17.9 Å². The molecule has 0 radical (unpaired) electrons. The molecule has 37 heavy (non-hydrogen) atoms. The fourth-order valence-electron chi connectivity index (χ4n) is 7.32. The third kappa shape index (κ3) is 4.65. The molecule has 2 unspecified atom stereocenters. The van der Waals surface area contributed by atoms with Gasteiger partial charge in [-0.25, -0.2) is 4.79 Å². The summed E-state index contributed by atoms with van der Waals surface area (Å²) in [6.07, 6.45) is 18.1. The van der Waals surface area contributed by atoms with E-state index in [0.29, 0.717) is 17.4 Å². The Bertz CT molecular complexity index is 1190. The highest BCUT2D eigenvalue weighted by Gasteiger charge is 2.42. The molecule has 0 saturated heterocycles. The Morgan fingerprint density at radius 2 is 1.97 bits per heavy atom. The Morgan fingerprint density at radius 1 is 1.14 bits per heavy atom. The van der Waals surface area contributed by atoms with Crippen molar-refractivity contribution in [3.05, 3.63) is 64.3 Å². The van der Waals surface area contributed by atoms with E-state index in [9.17, 15) is 9.90 Å². The molecule has 6 nitrogen and oxygen atoms in total. The number of aliphatic imine (C=N–C) groups is 1. The van der Waals surface area contributed by atoms with Crippen molar-refractivity contribution in [1.29, 1.82) is 0 Å². The van der Waals surface area contributed by atoms with Crippen LogP contribution in [-0.2, 0) is 6.42 Å². The minimum absolute atomic E-state index is 0.280. The average molecular weight is 501 g/mol. The van der Waals surface area contributed by atoms with Gasteiger partial charge in [0.05, 0.1) is 23.5 Å². The van der Waals surface area contributed by atoms with E-state index in [4.69, 9.17) is 0 Å². The number of nitrogens with zero attached hydrogens (tertiary/aromatic N) is 4. The molecule has 3 aliphatic heterocycles. The maximum absolute atomic E-state index is 12.0. The first-order chi connectivity index (χ1) is 18.0. The van der Waals surface area contributed by atoms with Gasteiger partial charge in [-0.3, -0.25) is 4.99 Å². The minimum Gasteiger partial charge on any atom is -0.478 e. The van der Waals surface area contributed by atoms with Gasteiger partial charge in [-0.2, -0.15) is 0 Å². The van der Waals surface area contributed by atoms with Crippen LogP contribution in [0.1, 0.15) is 73.7 Å². The van der Waals surface area contributed by atoms with Gasteiger partial charge in [0.25, 0.3) is 0 Å². The van der Waals surface area contributed by atoms with Crippen LogP contribution in [0.4, 0.5) is 5.69 Å². The molecule has 1 aromatic rings. The zero-order valence-electron chi connectivity index (χ0n) is 22.3. The highest BCUT2D eigenvalue weighted by molar-refractivity contribution is 5.90. The van der Waals surface area contributed by atoms with Gasteiger partial charge in [-0.1, -0.05) is 25.3 Å². The van der Waals surface area contributed by atoms with Crippen molar-refractivity contribution in [3.8, 4) is 0 Å². The zero-order valence-corrected chi connectivity index (χ0v) is 22.3. The zero-order chi connectivity index (χ0) is 25.5. The molecule has 1 saturated carbocycles. The van der Waals surface area contributed by atoms with Gasteiger partial charge in [0, 0.05) is 36.2 Å². The van der Waals surface area contributed by atoms with Gasteiger partial charge >= 0.3 is 5.97 Å². The number of carboxylic acid groups (broad SMARTS) is 1. The molecule has 1 fully saturated rings. The van der Waals surface area contributed by atoms with Gasteiger partial charge < -0.3 is 19.8 Å². The summed E-state index contributed by atoms with van der Waals surface area (Å²) in [5, 5.41) is 9.86. The van der Waals surface area contributed by atoms with Crippen LogP contribution in [0.2, 0.25) is 0 Å². The number of hydrogen-bond donors (Lipinski definition) is 1. The molecule has 1 aromatic carbocycles. The molecule has 0 aromatic heterocycles. The lowest BCUT2D eigenvalue weighted by Gasteiger charge is -2.45. The molecule has 3 heterocycles. The predicted molar refractivity (Wildman–Crippen MR) is 149 cm³/mol. The monoisotopic (exact) mass is 500 g/mol. The molecule has 2 aliphatic carbocycles. The number of fused-ring (bicyclic) bond motifs is 5. The largest absolute Gasteiger partial charge is 0.478 e. The van der Waals surface area contributed by atoms with Crippen LogP contribution in [0.3, 0.4) is 0 Å². The van der Waals surface area contributed by atoms with Crippen LogP contribution >= 0.6 is 0 Å². The summed E-state index contributed by atoms with van der Waals surface area (Å²) >= 11 is 0. The highest BCUT2D eigenvalue weighted by atomic mass is 16.4. The van der Waals surface area contributed by atoms with Crippen molar-refractivity contribution in [1.82, 2.24) is 9.80 Å². The number of aromatic carboxylic acids is 1. The fourth-order valence-corrected chi connectivity index (χ4v) is 7.32. The van der Waals surface area contributed by atoms with E-state index < -0.39 is 5.97 Å². The fraction of sp³-hybridized carbons (Fsp3) is 0.548. The third-order valence-corrected chi connectivity index (χ3v) is 9.23. The number of carboxylic acids is 1. The summed E-state index contributed by atoms with van der Waals surface area (Å²) in [4.78, 5) is 23.9. The number of rotatable bonds is 5. The second-order valence-electron chi connectivity index (χ2n) is 11.9. The molecule has 2 atom stereocenters. The molecule has 5 aliphatic rings. The van der Waals surface area contributed by atoms with Crippen LogP contribution < -0.4 is 4.90 Å². The smallest absolute Gasteiger partial charge is 0.335 e. The third-order valence-electron chi connectivity index (χ3n) is 9.23. The lowest BCUT2D eigenvalue weighted by atomic mass is 9.77. The number of allylic oxidation sites excluding steroid dienone is 2. The summed E-state index contributed by atoms with van der Waals surface area (Å²) in [5.41, 5.74) is 8.56. The molecule has 0 bridgehead atoms. The Morgan fingerprint density at radius 3 is 2.76 bits per heavy atom. The van der Waals surface area contributed by atoms with Crippen LogP contribution in [-0.4, -0.2) is 60.3 Å². The average Bonchev–Trinajstić information content (AvgIpc) is 3.27. The number of anilines is 1. The van der Waals surface area contributed by atoms with E-state index in [0.717, 1.165) is 38.0 Å². The van der Waals surface area contributed by atoms with E-state index >= 15 is 0 Å². The Hall–Kier alpha value is -2.86. The van der Waals surface area contributed by atoms with Crippen molar-refractivity contribution in [2.24, 2.45) is 16.8 Å². The second kappa shape index (κ2) is 10.1. The minimum atomic E-state index is -0.852. The molecular formula is C31H40N4O2. The molecule has 6 rings (SSSR count). The van der Waals surface area contributed by atoms with Gasteiger partial charge in [0.2, 0.25) is 0 Å². The normalized spacial score (nSPS) is 25.6. The second-order valence-corrected chi connectivity index (χ2v) is 11.9. The number of benzene rings is 1. The van der Waals surface area contributed by atoms with Crippen molar-refractivity contribution < 1.29 is 9.90 Å². The lowest BCUT2D eigenvalue weighted by Crippen LogP contribution is -2.44. The van der Waals surface area contributed by atoms with E-state index in [1.54, 1.807) is 17.2 Å².